The number of benzene rings is 1. The Morgan fingerprint density at radius 1 is 1.03 bits per heavy atom. The second kappa shape index (κ2) is 9.09. The lowest BCUT2D eigenvalue weighted by Crippen LogP contribution is -2.37. The van der Waals surface area contributed by atoms with Gasteiger partial charge in [-0.05, 0) is 44.2 Å². The summed E-state index contributed by atoms with van der Waals surface area (Å²) in [6.45, 7) is 1.81. The molecular formula is C20H27N3O6S2. The van der Waals surface area contributed by atoms with Crippen molar-refractivity contribution in [1.82, 2.24) is 13.9 Å². The standard InChI is InChI=1S/C20H27N3O6S2/c1-3-30(26,27)17-11-6-7-12-18(17)31(28,29)22(2)13-8-14-23-16-10-5-4-9-15(16)19(24)21-20(23)25/h6-7,11-12H,3-5,8-10,13-14H2,1-2H3,(H,21,24,25). The van der Waals surface area contributed by atoms with E-state index in [1.165, 1.54) is 42.8 Å². The fourth-order valence-corrected chi connectivity index (χ4v) is 6.79. The molecule has 0 bridgehead atoms. The van der Waals surface area contributed by atoms with E-state index in [0.717, 1.165) is 22.8 Å². The molecule has 1 aromatic heterocycles. The fraction of sp³-hybridized carbons (Fsp3) is 0.500. The van der Waals surface area contributed by atoms with Gasteiger partial charge >= 0.3 is 5.69 Å². The third kappa shape index (κ3) is 4.68. The highest BCUT2D eigenvalue weighted by Crippen LogP contribution is 2.24. The van der Waals surface area contributed by atoms with Gasteiger partial charge < -0.3 is 0 Å². The van der Waals surface area contributed by atoms with Crippen LogP contribution >= 0.6 is 0 Å². The zero-order valence-corrected chi connectivity index (χ0v) is 19.3. The van der Waals surface area contributed by atoms with Gasteiger partial charge in [-0.15, -0.1) is 0 Å². The first kappa shape index (κ1) is 23.4. The van der Waals surface area contributed by atoms with E-state index < -0.39 is 25.6 Å². The summed E-state index contributed by atoms with van der Waals surface area (Å²) in [6.07, 6.45) is 3.39. The molecule has 31 heavy (non-hydrogen) atoms. The maximum atomic E-state index is 13.0. The zero-order chi connectivity index (χ0) is 22.8. The van der Waals surface area contributed by atoms with Crippen molar-refractivity contribution in [2.45, 2.75) is 55.4 Å². The number of sulfone groups is 1. The van der Waals surface area contributed by atoms with E-state index >= 15 is 0 Å². The lowest BCUT2D eigenvalue weighted by Gasteiger charge is -2.22. The molecule has 0 fully saturated rings. The van der Waals surface area contributed by atoms with Crippen LogP contribution < -0.4 is 11.2 Å². The average Bonchev–Trinajstić information content (AvgIpc) is 2.75. The Morgan fingerprint density at radius 2 is 1.68 bits per heavy atom. The topological polar surface area (TPSA) is 126 Å². The van der Waals surface area contributed by atoms with Crippen LogP contribution in [0.15, 0.2) is 43.6 Å². The number of fused-ring (bicyclic) bond motifs is 1. The van der Waals surface area contributed by atoms with Crippen LogP contribution in [0.3, 0.4) is 0 Å². The van der Waals surface area contributed by atoms with Crippen molar-refractivity contribution in [3.8, 4) is 0 Å². The predicted octanol–water partition coefficient (Wildman–Crippen LogP) is 0.920. The molecule has 0 unspecified atom stereocenters. The Bertz CT molecular complexity index is 1290. The van der Waals surface area contributed by atoms with Crippen LogP contribution in [0, 0.1) is 0 Å². The molecule has 11 heteroatoms. The molecule has 0 saturated carbocycles. The molecule has 1 N–H and O–H groups in total. The van der Waals surface area contributed by atoms with Crippen molar-refractivity contribution in [1.29, 1.82) is 0 Å². The average molecular weight is 470 g/mol. The number of aromatic nitrogens is 2. The number of aromatic amines is 1. The largest absolute Gasteiger partial charge is 0.328 e. The van der Waals surface area contributed by atoms with Crippen LogP contribution in [0.1, 0.15) is 37.4 Å². The molecule has 0 amide bonds. The van der Waals surface area contributed by atoms with Crippen LogP contribution in [-0.2, 0) is 39.2 Å². The molecule has 0 saturated heterocycles. The van der Waals surface area contributed by atoms with Gasteiger partial charge in [0.2, 0.25) is 10.0 Å². The first-order valence-corrected chi connectivity index (χ1v) is 13.3. The summed E-state index contributed by atoms with van der Waals surface area (Å²) in [7, 11) is -6.37. The molecule has 1 aliphatic rings. The van der Waals surface area contributed by atoms with Crippen LogP contribution in [-0.4, -0.2) is 50.0 Å². The van der Waals surface area contributed by atoms with E-state index in [-0.39, 0.29) is 34.2 Å². The summed E-state index contributed by atoms with van der Waals surface area (Å²) in [5.74, 6) is -0.205. The number of hydrogen-bond acceptors (Lipinski definition) is 6. The summed E-state index contributed by atoms with van der Waals surface area (Å²) in [4.78, 5) is 26.2. The number of nitrogens with zero attached hydrogens (tertiary/aromatic N) is 2. The van der Waals surface area contributed by atoms with Gasteiger partial charge in [0.25, 0.3) is 5.56 Å². The Hall–Kier alpha value is -2.24. The van der Waals surface area contributed by atoms with Crippen molar-refractivity contribution < 1.29 is 16.8 Å². The quantitative estimate of drug-likeness (QED) is 0.613. The first-order valence-electron chi connectivity index (χ1n) is 10.2. The maximum Gasteiger partial charge on any atom is 0.328 e. The van der Waals surface area contributed by atoms with Crippen molar-refractivity contribution in [2.24, 2.45) is 0 Å². The normalized spacial score (nSPS) is 14.5. The van der Waals surface area contributed by atoms with Crippen molar-refractivity contribution in [2.75, 3.05) is 19.3 Å². The molecule has 0 spiro atoms. The Labute approximate surface area is 181 Å². The molecule has 3 rings (SSSR count). The van der Waals surface area contributed by atoms with Gasteiger partial charge in [-0.1, -0.05) is 19.1 Å². The van der Waals surface area contributed by atoms with E-state index in [2.05, 4.69) is 4.98 Å². The van der Waals surface area contributed by atoms with Gasteiger partial charge in [0.15, 0.2) is 9.84 Å². The molecule has 1 aromatic carbocycles. The first-order chi connectivity index (χ1) is 14.6. The van der Waals surface area contributed by atoms with Crippen molar-refractivity contribution >= 4 is 19.9 Å². The molecule has 0 atom stereocenters. The SMILES string of the molecule is CCS(=O)(=O)c1ccccc1S(=O)(=O)N(C)CCCn1c2c(c(=O)[nH]c1=O)CCCC2. The minimum absolute atomic E-state index is 0.0865. The summed E-state index contributed by atoms with van der Waals surface area (Å²) in [5.41, 5.74) is 0.523. The number of sulfonamides is 1. The highest BCUT2D eigenvalue weighted by atomic mass is 32.2. The third-order valence-corrected chi connectivity index (χ3v) is 9.44. The Balaban J connectivity index is 1.81. The molecule has 0 aliphatic heterocycles. The smallest absolute Gasteiger partial charge is 0.297 e. The lowest BCUT2D eigenvalue weighted by atomic mass is 9.97. The highest BCUT2D eigenvalue weighted by molar-refractivity contribution is 7.93. The van der Waals surface area contributed by atoms with Gasteiger partial charge in [0, 0.05) is 31.4 Å². The summed E-state index contributed by atoms with van der Waals surface area (Å²) in [6, 6.07) is 5.57. The van der Waals surface area contributed by atoms with Crippen LogP contribution in [0.25, 0.3) is 0 Å². The van der Waals surface area contributed by atoms with Gasteiger partial charge in [0.05, 0.1) is 10.6 Å². The minimum atomic E-state index is -4.04. The molecule has 9 nitrogen and oxygen atoms in total. The molecule has 1 aliphatic carbocycles. The molecule has 2 aromatic rings. The molecule has 170 valence electrons. The second-order valence-electron chi connectivity index (χ2n) is 7.57. The maximum absolute atomic E-state index is 13.0. The molecule has 0 radical (unpaired) electrons. The summed E-state index contributed by atoms with van der Waals surface area (Å²) >= 11 is 0. The number of H-pyrrole nitrogens is 1. The fourth-order valence-electron chi connectivity index (χ4n) is 3.85. The van der Waals surface area contributed by atoms with Crippen LogP contribution in [0.5, 0.6) is 0 Å². The number of nitrogens with one attached hydrogen (secondary N) is 1. The Kier molecular flexibility index (Phi) is 6.87. The Morgan fingerprint density at radius 3 is 2.35 bits per heavy atom. The highest BCUT2D eigenvalue weighted by Gasteiger charge is 2.28. The second-order valence-corrected chi connectivity index (χ2v) is 11.8. The van der Waals surface area contributed by atoms with Crippen molar-refractivity contribution in [3.63, 3.8) is 0 Å². The number of rotatable bonds is 8. The summed E-state index contributed by atoms with van der Waals surface area (Å²) in [5, 5.41) is 0. The van der Waals surface area contributed by atoms with Gasteiger partial charge in [-0.2, -0.15) is 0 Å². The molecular weight excluding hydrogens is 442 g/mol. The minimum Gasteiger partial charge on any atom is -0.297 e. The third-order valence-electron chi connectivity index (χ3n) is 5.61. The predicted molar refractivity (Wildman–Crippen MR) is 117 cm³/mol. The van der Waals surface area contributed by atoms with E-state index in [0.29, 0.717) is 24.8 Å². The van der Waals surface area contributed by atoms with E-state index in [1.807, 2.05) is 0 Å². The monoisotopic (exact) mass is 469 g/mol. The van der Waals surface area contributed by atoms with E-state index in [9.17, 15) is 26.4 Å². The van der Waals surface area contributed by atoms with E-state index in [1.54, 1.807) is 0 Å². The number of hydrogen-bond donors (Lipinski definition) is 1. The summed E-state index contributed by atoms with van der Waals surface area (Å²) < 4.78 is 53.4. The zero-order valence-electron chi connectivity index (χ0n) is 17.6. The van der Waals surface area contributed by atoms with Crippen molar-refractivity contribution in [3.05, 3.63) is 56.4 Å². The van der Waals surface area contributed by atoms with Gasteiger partial charge in [-0.25, -0.2) is 25.9 Å². The van der Waals surface area contributed by atoms with Crippen LogP contribution in [0.2, 0.25) is 0 Å². The van der Waals surface area contributed by atoms with Crippen LogP contribution in [0.4, 0.5) is 0 Å². The van der Waals surface area contributed by atoms with Gasteiger partial charge in [-0.3, -0.25) is 14.3 Å². The van der Waals surface area contributed by atoms with Gasteiger partial charge in [0.1, 0.15) is 4.90 Å². The van der Waals surface area contributed by atoms with E-state index in [4.69, 9.17) is 0 Å². The molecule has 1 heterocycles. The lowest BCUT2D eigenvalue weighted by molar-refractivity contribution is 0.434.